The van der Waals surface area contributed by atoms with E-state index in [4.69, 9.17) is 9.47 Å². The summed E-state index contributed by atoms with van der Waals surface area (Å²) in [6.45, 7) is 1.32. The number of benzene rings is 2. The van der Waals surface area contributed by atoms with E-state index in [1.54, 1.807) is 29.2 Å². The number of hydrogen-bond acceptors (Lipinski definition) is 5. The lowest BCUT2D eigenvalue weighted by atomic mass is 9.84. The molecule has 2 bridgehead atoms. The Hall–Kier alpha value is -3.62. The second-order valence-corrected chi connectivity index (χ2v) is 9.13. The van der Waals surface area contributed by atoms with Crippen molar-refractivity contribution in [3.8, 4) is 17.2 Å². The second-order valence-electron chi connectivity index (χ2n) is 9.13. The number of nitrogens with zero attached hydrogens (tertiary/aromatic N) is 1. The van der Waals surface area contributed by atoms with Gasteiger partial charge in [-0.2, -0.15) is 0 Å². The molecule has 1 saturated carbocycles. The van der Waals surface area contributed by atoms with Crippen molar-refractivity contribution in [1.29, 1.82) is 0 Å². The molecule has 2 heterocycles. The summed E-state index contributed by atoms with van der Waals surface area (Å²) in [6.07, 6.45) is 4.17. The van der Waals surface area contributed by atoms with Crippen molar-refractivity contribution in [2.24, 2.45) is 5.92 Å². The first-order chi connectivity index (χ1) is 17.5. The van der Waals surface area contributed by atoms with Crippen LogP contribution in [0, 0.1) is 11.7 Å². The molecular weight excluding hydrogens is 465 g/mol. The Bertz CT molecular complexity index is 1120. The van der Waals surface area contributed by atoms with E-state index in [1.807, 2.05) is 0 Å². The van der Waals surface area contributed by atoms with Gasteiger partial charge in [0.25, 0.3) is 5.91 Å². The first kappa shape index (κ1) is 25.5. The third-order valence-corrected chi connectivity index (χ3v) is 6.67. The van der Waals surface area contributed by atoms with Gasteiger partial charge in [0.1, 0.15) is 11.6 Å². The molecule has 0 unspecified atom stereocenters. The van der Waals surface area contributed by atoms with Crippen molar-refractivity contribution in [1.82, 2.24) is 15.5 Å². The van der Waals surface area contributed by atoms with E-state index in [0.717, 1.165) is 19.3 Å². The lowest BCUT2D eigenvalue weighted by Crippen LogP contribution is -2.41. The van der Waals surface area contributed by atoms with Crippen LogP contribution < -0.4 is 20.1 Å². The summed E-state index contributed by atoms with van der Waals surface area (Å²) in [6, 6.07) is 9.19. The minimum Gasteiger partial charge on any atom is -0.493 e. The molecule has 2 aromatic carbocycles. The zero-order valence-corrected chi connectivity index (χ0v) is 20.5. The molecule has 1 aliphatic carbocycles. The maximum Gasteiger partial charge on any atom is 0.251 e. The van der Waals surface area contributed by atoms with Gasteiger partial charge in [0.2, 0.25) is 11.8 Å². The molecule has 5 rings (SSSR count). The number of rotatable bonds is 2. The van der Waals surface area contributed by atoms with E-state index < -0.39 is 5.82 Å². The van der Waals surface area contributed by atoms with Gasteiger partial charge in [-0.15, -0.1) is 0 Å². The maximum absolute atomic E-state index is 14.7. The van der Waals surface area contributed by atoms with Crippen molar-refractivity contribution in [2.45, 2.75) is 45.1 Å². The fourth-order valence-corrected chi connectivity index (χ4v) is 4.34. The Morgan fingerprint density at radius 3 is 2.61 bits per heavy atom. The maximum atomic E-state index is 14.7. The number of carbonyl (C=O) groups excluding carboxylic acids is 3. The highest BCUT2D eigenvalue weighted by Crippen LogP contribution is 2.35. The molecule has 1 fully saturated rings. The van der Waals surface area contributed by atoms with Crippen molar-refractivity contribution >= 4 is 17.7 Å². The average Bonchev–Trinajstić information content (AvgIpc) is 2.83. The Labute approximate surface area is 210 Å². The van der Waals surface area contributed by atoms with Crippen LogP contribution in [-0.2, 0) is 16.1 Å². The quantitative estimate of drug-likeness (QED) is 0.658. The Balaban J connectivity index is 1.57. The van der Waals surface area contributed by atoms with E-state index in [0.29, 0.717) is 49.5 Å². The van der Waals surface area contributed by atoms with Crippen LogP contribution in [0.3, 0.4) is 0 Å². The van der Waals surface area contributed by atoms with E-state index in [1.165, 1.54) is 19.2 Å². The molecule has 0 atom stereocenters. The van der Waals surface area contributed by atoms with Crippen LogP contribution in [0.15, 0.2) is 36.4 Å². The highest BCUT2D eigenvalue weighted by Gasteiger charge is 2.29. The van der Waals surface area contributed by atoms with Gasteiger partial charge < -0.3 is 25.0 Å². The largest absolute Gasteiger partial charge is 0.493 e. The lowest BCUT2D eigenvalue weighted by Gasteiger charge is -2.32. The van der Waals surface area contributed by atoms with E-state index in [-0.39, 0.29) is 47.9 Å². The van der Waals surface area contributed by atoms with E-state index >= 15 is 0 Å². The van der Waals surface area contributed by atoms with Crippen LogP contribution in [0.1, 0.15) is 54.4 Å². The van der Waals surface area contributed by atoms with Crippen molar-refractivity contribution < 1.29 is 28.2 Å². The summed E-state index contributed by atoms with van der Waals surface area (Å²) >= 11 is 0. The summed E-state index contributed by atoms with van der Waals surface area (Å²) in [7, 11) is 1.46. The number of nitrogens with one attached hydrogen (secondary N) is 2. The van der Waals surface area contributed by atoms with Crippen LogP contribution in [0.5, 0.6) is 17.2 Å². The molecule has 3 amide bonds. The third kappa shape index (κ3) is 6.13. The normalized spacial score (nSPS) is 17.9. The van der Waals surface area contributed by atoms with Gasteiger partial charge in [-0.05, 0) is 56.0 Å². The Morgan fingerprint density at radius 2 is 1.86 bits per heavy atom. The van der Waals surface area contributed by atoms with Gasteiger partial charge in [0.05, 0.1) is 7.11 Å². The summed E-state index contributed by atoms with van der Waals surface area (Å²) in [5.74, 6) is 0.0374. The fourth-order valence-electron chi connectivity index (χ4n) is 4.34. The van der Waals surface area contributed by atoms with Crippen LogP contribution in [0.4, 0.5) is 4.39 Å². The van der Waals surface area contributed by atoms with Gasteiger partial charge in [0.15, 0.2) is 11.5 Å². The van der Waals surface area contributed by atoms with Crippen LogP contribution in [0.25, 0.3) is 0 Å². The second kappa shape index (κ2) is 11.9. The van der Waals surface area contributed by atoms with Crippen molar-refractivity contribution in [2.75, 3.05) is 26.7 Å². The number of fused-ring (bicyclic) bond motifs is 13. The van der Waals surface area contributed by atoms with Crippen LogP contribution in [-0.4, -0.2) is 49.4 Å². The zero-order chi connectivity index (χ0) is 25.5. The minimum absolute atomic E-state index is 0.0473. The highest BCUT2D eigenvalue weighted by atomic mass is 19.1. The van der Waals surface area contributed by atoms with Crippen LogP contribution in [0.2, 0.25) is 0 Å². The first-order valence-corrected chi connectivity index (χ1v) is 12.4. The van der Waals surface area contributed by atoms with Gasteiger partial charge >= 0.3 is 0 Å². The number of hydrogen-bond donors (Lipinski definition) is 2. The molecular formula is C27H32FN3O5. The van der Waals surface area contributed by atoms with Gasteiger partial charge in [-0.3, -0.25) is 14.4 Å². The molecule has 2 N–H and O–H groups in total. The number of methoxy groups -OCH3 is 1. The third-order valence-electron chi connectivity index (χ3n) is 6.67. The molecule has 2 aliphatic heterocycles. The molecule has 0 spiro atoms. The summed E-state index contributed by atoms with van der Waals surface area (Å²) in [5.41, 5.74) is 0.598. The summed E-state index contributed by atoms with van der Waals surface area (Å²) in [5, 5.41) is 5.65. The summed E-state index contributed by atoms with van der Waals surface area (Å²) < 4.78 is 26.0. The monoisotopic (exact) mass is 497 g/mol. The standard InChI is InChI=1S/C27H32FN3O5/c1-35-24-16-19-11-12-23(24)36-22-9-3-8-21(28)20(22)17-30-25(32)10-4-14-31(15-5-13-29-26(19)33)27(34)18-6-2-7-18/h3,8-9,11-12,16,18H,2,4-7,10,13-15,17H2,1H3,(H,29,33)(H,30,32). The predicted octanol–water partition coefficient (Wildman–Crippen LogP) is 3.79. The van der Waals surface area contributed by atoms with Crippen molar-refractivity contribution in [3.05, 3.63) is 53.3 Å². The van der Waals surface area contributed by atoms with Crippen molar-refractivity contribution in [3.63, 3.8) is 0 Å². The van der Waals surface area contributed by atoms with E-state index in [9.17, 15) is 18.8 Å². The molecule has 8 nitrogen and oxygen atoms in total. The molecule has 0 saturated heterocycles. The SMILES string of the molecule is COc1cc2ccc1Oc1cccc(F)c1CNC(=O)CCCN(C(=O)C1CCC1)CCCNC2=O. The molecule has 3 aliphatic rings. The minimum atomic E-state index is -0.508. The average molecular weight is 498 g/mol. The number of ether oxygens (including phenoxy) is 2. The van der Waals surface area contributed by atoms with Gasteiger partial charge in [-0.25, -0.2) is 4.39 Å². The smallest absolute Gasteiger partial charge is 0.251 e. The Morgan fingerprint density at radius 1 is 1.06 bits per heavy atom. The van der Waals surface area contributed by atoms with Crippen LogP contribution >= 0.6 is 0 Å². The topological polar surface area (TPSA) is 97.0 Å². The molecule has 0 aromatic heterocycles. The molecule has 9 heteroatoms. The lowest BCUT2D eigenvalue weighted by molar-refractivity contribution is -0.138. The molecule has 36 heavy (non-hydrogen) atoms. The Kier molecular flexibility index (Phi) is 8.40. The fraction of sp³-hybridized carbons (Fsp3) is 0.444. The first-order valence-electron chi connectivity index (χ1n) is 12.4. The number of halogens is 1. The van der Waals surface area contributed by atoms with E-state index in [2.05, 4.69) is 10.6 Å². The number of amides is 3. The molecule has 0 radical (unpaired) electrons. The zero-order valence-electron chi connectivity index (χ0n) is 20.5. The highest BCUT2D eigenvalue weighted by molar-refractivity contribution is 5.94. The number of carbonyl (C=O) groups is 3. The summed E-state index contributed by atoms with van der Waals surface area (Å²) in [4.78, 5) is 39.9. The van der Waals surface area contributed by atoms with Gasteiger partial charge in [-0.1, -0.05) is 12.5 Å². The molecule has 2 aromatic rings. The molecule has 192 valence electrons. The predicted molar refractivity (Wildman–Crippen MR) is 131 cm³/mol. The van der Waals surface area contributed by atoms with Gasteiger partial charge in [0, 0.05) is 49.6 Å².